The van der Waals surface area contributed by atoms with Crippen molar-refractivity contribution in [1.82, 2.24) is 45.0 Å². The molecule has 0 unspecified atom stereocenters. The number of hydrogen-bond acceptors (Lipinski definition) is 12. The molecule has 3 aromatic heterocycles. The number of aromatic nitrogens is 3. The molecule has 5 atom stereocenters. The minimum atomic E-state index is -2.20. The van der Waals surface area contributed by atoms with Crippen LogP contribution in [0.15, 0.2) is 41.9 Å². The van der Waals surface area contributed by atoms with Gasteiger partial charge < -0.3 is 39.2 Å². The Hall–Kier alpha value is -4.94. The molecule has 64 heavy (non-hydrogen) atoms. The molecule has 3 N–H and O–H groups in total. The number of likely N-dealkylation sites (tertiary alicyclic amines) is 1. The van der Waals surface area contributed by atoms with Crippen molar-refractivity contribution < 1.29 is 33.8 Å². The highest BCUT2D eigenvalue weighted by Crippen LogP contribution is 2.42. The summed E-state index contributed by atoms with van der Waals surface area (Å²) < 4.78 is 14.0. The number of esters is 1. The predicted octanol–water partition coefficient (Wildman–Crippen LogP) is 5.23. The predicted molar refractivity (Wildman–Crippen MR) is 246 cm³/mol. The van der Waals surface area contributed by atoms with Crippen LogP contribution in [0.5, 0.6) is 0 Å². The minimum absolute atomic E-state index is 0.00786. The van der Waals surface area contributed by atoms with E-state index in [-0.39, 0.29) is 56.5 Å². The van der Waals surface area contributed by atoms with Gasteiger partial charge in [0.15, 0.2) is 0 Å². The number of amides is 4. The molecule has 17 heteroatoms. The summed E-state index contributed by atoms with van der Waals surface area (Å²) in [6.45, 7) is 14.3. The zero-order valence-electron chi connectivity index (χ0n) is 38.9. The van der Waals surface area contributed by atoms with E-state index in [1.54, 1.807) is 32.3 Å². The Kier molecular flexibility index (Phi) is 13.9. The van der Waals surface area contributed by atoms with Crippen LogP contribution in [-0.2, 0) is 43.2 Å². The maximum absolute atomic E-state index is 14.6. The Morgan fingerprint density at radius 2 is 1.92 bits per heavy atom. The molecule has 346 valence electrons. The molecule has 3 aliphatic heterocycles. The molecule has 3 aliphatic rings. The fourth-order valence-electron chi connectivity index (χ4n) is 9.54. The maximum Gasteiger partial charge on any atom is 0.355 e. The van der Waals surface area contributed by atoms with Crippen molar-refractivity contribution in [2.24, 2.45) is 11.3 Å². The number of carbonyl (C=O) groups excluding carboxylic acids is 4. The molecule has 0 radical (unpaired) electrons. The van der Waals surface area contributed by atoms with E-state index >= 15 is 0 Å². The van der Waals surface area contributed by atoms with Gasteiger partial charge in [-0.05, 0) is 82.4 Å². The quantitative estimate of drug-likeness (QED) is 0.188. The zero-order valence-corrected chi connectivity index (χ0v) is 39.8. The van der Waals surface area contributed by atoms with Gasteiger partial charge in [-0.15, -0.1) is 11.3 Å². The summed E-state index contributed by atoms with van der Waals surface area (Å²) in [4.78, 5) is 72.0. The topological polar surface area (TPSA) is 175 Å². The highest BCUT2D eigenvalue weighted by Gasteiger charge is 2.46. The van der Waals surface area contributed by atoms with E-state index in [0.29, 0.717) is 18.0 Å². The molecule has 2 fully saturated rings. The number of nitrogens with one attached hydrogen (secondary N) is 2. The third-order valence-corrected chi connectivity index (χ3v) is 14.0. The third kappa shape index (κ3) is 9.41. The third-order valence-electron chi connectivity index (χ3n) is 13.1. The van der Waals surface area contributed by atoms with Gasteiger partial charge in [0.1, 0.15) is 12.1 Å². The average molecular weight is 900 g/mol. The molecule has 2 saturated heterocycles. The second-order valence-electron chi connectivity index (χ2n) is 18.9. The normalized spacial score (nSPS) is 22.8. The number of thiazole rings is 1. The lowest BCUT2D eigenvalue weighted by Crippen LogP contribution is -2.67. The summed E-state index contributed by atoms with van der Waals surface area (Å²) in [5, 5.41) is 19.6. The Bertz CT molecular complexity index is 2380. The van der Waals surface area contributed by atoms with Crippen molar-refractivity contribution in [1.29, 1.82) is 0 Å². The molecule has 16 nitrogen and oxygen atoms in total. The number of fused-ring (bicyclic) bond motifs is 6. The Morgan fingerprint density at radius 1 is 1.16 bits per heavy atom. The first-order valence-corrected chi connectivity index (χ1v) is 23.3. The number of rotatable bonds is 9. The molecule has 4 amide bonds. The summed E-state index contributed by atoms with van der Waals surface area (Å²) in [6.07, 6.45) is 3.15. The van der Waals surface area contributed by atoms with E-state index in [9.17, 15) is 24.3 Å². The van der Waals surface area contributed by atoms with Gasteiger partial charge in [-0.2, -0.15) is 5.43 Å². The van der Waals surface area contributed by atoms with E-state index in [0.717, 1.165) is 64.2 Å². The molecular weight excluding hydrogens is 835 g/mol. The van der Waals surface area contributed by atoms with E-state index in [1.807, 2.05) is 53.1 Å². The van der Waals surface area contributed by atoms with Gasteiger partial charge in [0.25, 0.3) is 5.91 Å². The highest BCUT2D eigenvalue weighted by molar-refractivity contribution is 7.10. The number of likely N-dealkylation sites (N-methyl/N-ethyl adjacent to an activating group) is 3. The van der Waals surface area contributed by atoms with Gasteiger partial charge in [0.2, 0.25) is 11.6 Å². The van der Waals surface area contributed by atoms with Crippen molar-refractivity contribution >= 4 is 46.1 Å². The van der Waals surface area contributed by atoms with E-state index in [1.165, 1.54) is 21.2 Å². The van der Waals surface area contributed by atoms with Gasteiger partial charge >= 0.3 is 12.0 Å². The molecule has 6 bridgehead atoms. The first kappa shape index (κ1) is 47.0. The molecule has 4 aromatic rings. The number of pyridine rings is 1. The van der Waals surface area contributed by atoms with E-state index in [2.05, 4.69) is 51.4 Å². The standard InChI is InChI=1S/C47H65N9O7S/c1-11-55-37-16-15-30-22-33(37)34(41(55)32-14-12-19-48-39(32)29(4)62-10)24-46(5,6)27-63-44(59)47(61)18-13-20-56(51-47)43(58)35(23-38-49-36(30)26-64-38)50-42(57)40(28(2)3)54(9)45(60)53(8)31-17-21-52(7)25-31/h12,14-16,19,22,26,28-29,31,35,40,51,61H,11,13,17-18,20-21,23-25,27H2,1-10H3,(H,50,57)/t29-,31+,35-,40-,47-/m0/s1. The molecule has 0 aliphatic carbocycles. The number of urea groups is 1. The zero-order chi connectivity index (χ0) is 46.2. The fraction of sp³-hybridized carbons (Fsp3) is 0.574. The van der Waals surface area contributed by atoms with E-state index in [4.69, 9.17) is 19.4 Å². The lowest BCUT2D eigenvalue weighted by molar-refractivity contribution is -0.189. The van der Waals surface area contributed by atoms with Crippen LogP contribution in [0.2, 0.25) is 0 Å². The van der Waals surface area contributed by atoms with Crippen molar-refractivity contribution in [2.75, 3.05) is 54.5 Å². The van der Waals surface area contributed by atoms with Crippen molar-refractivity contribution in [2.45, 2.75) is 110 Å². The number of hydrogen-bond donors (Lipinski definition) is 3. The fourth-order valence-corrected chi connectivity index (χ4v) is 10.4. The number of carbonyl (C=O) groups is 4. The largest absolute Gasteiger partial charge is 0.462 e. The van der Waals surface area contributed by atoms with Crippen LogP contribution in [0.3, 0.4) is 0 Å². The molecule has 0 spiro atoms. The molecule has 1 aromatic carbocycles. The van der Waals surface area contributed by atoms with Crippen LogP contribution >= 0.6 is 11.3 Å². The lowest BCUT2D eigenvalue weighted by Gasteiger charge is -2.40. The number of ether oxygens (including phenoxy) is 2. The second-order valence-corrected chi connectivity index (χ2v) is 19.8. The number of nitrogens with zero attached hydrogens (tertiary/aromatic N) is 7. The van der Waals surface area contributed by atoms with Crippen molar-refractivity contribution in [3.8, 4) is 22.5 Å². The van der Waals surface area contributed by atoms with Crippen LogP contribution < -0.4 is 10.7 Å². The van der Waals surface area contributed by atoms with Crippen LogP contribution in [0.4, 0.5) is 4.79 Å². The van der Waals surface area contributed by atoms with Gasteiger partial charge in [0, 0.05) is 98.7 Å². The molecular formula is C47H65N9O7S. The monoisotopic (exact) mass is 899 g/mol. The summed E-state index contributed by atoms with van der Waals surface area (Å²) in [5.41, 5.74) is 6.38. The van der Waals surface area contributed by atoms with Gasteiger partial charge in [-0.3, -0.25) is 19.6 Å². The average Bonchev–Trinajstić information content (AvgIpc) is 4.00. The summed E-state index contributed by atoms with van der Waals surface area (Å²) in [6, 6.07) is 7.96. The Balaban J connectivity index is 1.30. The number of aliphatic hydroxyl groups is 1. The second kappa shape index (κ2) is 18.9. The Morgan fingerprint density at radius 3 is 2.61 bits per heavy atom. The van der Waals surface area contributed by atoms with Crippen LogP contribution in [0.25, 0.3) is 33.4 Å². The van der Waals surface area contributed by atoms with Crippen molar-refractivity contribution in [3.63, 3.8) is 0 Å². The summed E-state index contributed by atoms with van der Waals surface area (Å²) >= 11 is 1.38. The lowest BCUT2D eigenvalue weighted by atomic mass is 9.84. The van der Waals surface area contributed by atoms with Gasteiger partial charge in [-0.1, -0.05) is 33.8 Å². The SMILES string of the molecule is CCn1c(-c2cccnc2[C@H](C)OC)c2c3cc(ccc31)-c1csc(n1)C[C@H](NC(=O)[C@H](C(C)C)N(C)C(=O)N(C)[C@@H]1CCN(C)C1)C(=O)N1CCC[C@@](O)(N1)C(=O)OCC(C)(C)C2. The van der Waals surface area contributed by atoms with Gasteiger partial charge in [-0.25, -0.2) is 14.6 Å². The first-order valence-electron chi connectivity index (χ1n) is 22.4. The number of aryl methyl sites for hydroxylation is 1. The summed E-state index contributed by atoms with van der Waals surface area (Å²) in [5.74, 6) is -2.26. The summed E-state index contributed by atoms with van der Waals surface area (Å²) in [7, 11) is 7.07. The number of cyclic esters (lactones) is 1. The van der Waals surface area contributed by atoms with Gasteiger partial charge in [0.05, 0.1) is 34.8 Å². The van der Waals surface area contributed by atoms with Crippen molar-refractivity contribution in [3.05, 3.63) is 58.2 Å². The smallest absolute Gasteiger partial charge is 0.355 e. The number of methoxy groups -OCH3 is 1. The first-order chi connectivity index (χ1) is 30.4. The van der Waals surface area contributed by atoms with E-state index < -0.39 is 41.0 Å². The van der Waals surface area contributed by atoms with Crippen LogP contribution in [-0.4, -0.2) is 142 Å². The number of benzene rings is 1. The highest BCUT2D eigenvalue weighted by atomic mass is 32.1. The number of hydrazine groups is 1. The maximum atomic E-state index is 14.6. The Labute approximate surface area is 380 Å². The van der Waals surface area contributed by atoms with Crippen LogP contribution in [0.1, 0.15) is 83.2 Å². The molecule has 6 heterocycles. The molecule has 0 saturated carbocycles. The molecule has 7 rings (SSSR count). The van der Waals surface area contributed by atoms with Crippen LogP contribution in [0, 0.1) is 11.3 Å². The minimum Gasteiger partial charge on any atom is -0.462 e.